The van der Waals surface area contributed by atoms with Crippen molar-refractivity contribution >= 4 is 5.97 Å². The van der Waals surface area contributed by atoms with E-state index in [-0.39, 0.29) is 5.97 Å². The summed E-state index contributed by atoms with van der Waals surface area (Å²) in [5, 5.41) is 0. The molecule has 0 aliphatic carbocycles. The third-order valence-corrected chi connectivity index (χ3v) is 0.835. The Hall–Kier alpha value is -0.570. The molecule has 0 aromatic heterocycles. The average Bonchev–Trinajstić information content (AvgIpc) is 2.05. The highest BCUT2D eigenvalue weighted by atomic mass is 16.5. The van der Waals surface area contributed by atoms with Crippen LogP contribution in [0.1, 0.15) is 33.6 Å². The van der Waals surface area contributed by atoms with Crippen molar-refractivity contribution in [2.75, 3.05) is 13.2 Å². The molecule has 0 bridgehead atoms. The lowest BCUT2D eigenvalue weighted by Gasteiger charge is -1.99. The fraction of sp³-hybridized carbons (Fsp3) is 0.875. The Labute approximate surface area is 68.9 Å². The van der Waals surface area contributed by atoms with Gasteiger partial charge in [0.05, 0.1) is 0 Å². The molecular formula is C8H19NO2. The van der Waals surface area contributed by atoms with Crippen LogP contribution in [-0.4, -0.2) is 19.1 Å². The number of nitrogens with two attached hydrogens (primary N) is 1. The number of hydrogen-bond acceptors (Lipinski definition) is 3. The molecule has 0 fully saturated rings. The second-order valence-corrected chi connectivity index (χ2v) is 1.76. The third kappa shape index (κ3) is 12.6. The molecule has 0 aromatic carbocycles. The smallest absolute Gasteiger partial charge is 0.305 e. The number of ether oxygens (including phenoxy) is 1. The van der Waals surface area contributed by atoms with E-state index in [4.69, 9.17) is 5.73 Å². The Kier molecular flexibility index (Phi) is 14.4. The van der Waals surface area contributed by atoms with E-state index in [1.54, 1.807) is 0 Å². The van der Waals surface area contributed by atoms with Crippen LogP contribution in [0.4, 0.5) is 0 Å². The Bertz CT molecular complexity index is 84.2. The topological polar surface area (TPSA) is 52.3 Å². The SMILES string of the molecule is CC.CCCC(=O)OCCN. The Morgan fingerprint density at radius 2 is 2.00 bits per heavy atom. The highest BCUT2D eigenvalue weighted by molar-refractivity contribution is 5.69. The van der Waals surface area contributed by atoms with Crippen molar-refractivity contribution in [3.63, 3.8) is 0 Å². The largest absolute Gasteiger partial charge is 0.464 e. The highest BCUT2D eigenvalue weighted by Gasteiger charge is 1.96. The van der Waals surface area contributed by atoms with Gasteiger partial charge in [-0.25, -0.2) is 0 Å². The van der Waals surface area contributed by atoms with Crippen LogP contribution in [0.2, 0.25) is 0 Å². The minimum absolute atomic E-state index is 0.150. The molecule has 0 amide bonds. The molecule has 0 heterocycles. The summed E-state index contributed by atoms with van der Waals surface area (Å²) in [6, 6.07) is 0. The van der Waals surface area contributed by atoms with E-state index < -0.39 is 0 Å². The number of carbonyl (C=O) groups is 1. The first-order chi connectivity index (χ1) is 5.31. The lowest BCUT2D eigenvalue weighted by molar-refractivity contribution is -0.143. The van der Waals surface area contributed by atoms with Crippen molar-refractivity contribution in [2.45, 2.75) is 33.6 Å². The van der Waals surface area contributed by atoms with Crippen LogP contribution in [0.5, 0.6) is 0 Å². The summed E-state index contributed by atoms with van der Waals surface area (Å²) < 4.78 is 4.67. The van der Waals surface area contributed by atoms with Gasteiger partial charge in [-0.15, -0.1) is 0 Å². The minimum atomic E-state index is -0.150. The van der Waals surface area contributed by atoms with Crippen molar-refractivity contribution in [3.05, 3.63) is 0 Å². The quantitative estimate of drug-likeness (QED) is 0.632. The van der Waals surface area contributed by atoms with Crippen LogP contribution >= 0.6 is 0 Å². The molecule has 3 heteroatoms. The van der Waals surface area contributed by atoms with Gasteiger partial charge in [-0.1, -0.05) is 20.8 Å². The van der Waals surface area contributed by atoms with Gasteiger partial charge in [-0.3, -0.25) is 4.79 Å². The summed E-state index contributed by atoms with van der Waals surface area (Å²) in [5.41, 5.74) is 5.10. The summed E-state index contributed by atoms with van der Waals surface area (Å²) in [6.45, 7) is 6.69. The van der Waals surface area contributed by atoms with E-state index in [1.165, 1.54) is 0 Å². The van der Waals surface area contributed by atoms with Crippen molar-refractivity contribution in [2.24, 2.45) is 5.73 Å². The molecule has 0 aliphatic heterocycles. The monoisotopic (exact) mass is 161 g/mol. The van der Waals surface area contributed by atoms with Crippen LogP contribution in [0.15, 0.2) is 0 Å². The summed E-state index contributed by atoms with van der Waals surface area (Å²) in [4.78, 5) is 10.5. The van der Waals surface area contributed by atoms with Crippen LogP contribution in [0.25, 0.3) is 0 Å². The van der Waals surface area contributed by atoms with E-state index in [1.807, 2.05) is 20.8 Å². The van der Waals surface area contributed by atoms with Crippen LogP contribution in [0, 0.1) is 0 Å². The first-order valence-electron chi connectivity index (χ1n) is 4.17. The Morgan fingerprint density at radius 1 is 1.45 bits per heavy atom. The lowest BCUT2D eigenvalue weighted by atomic mass is 10.3. The molecule has 0 aromatic rings. The van der Waals surface area contributed by atoms with Crippen molar-refractivity contribution in [1.82, 2.24) is 0 Å². The van der Waals surface area contributed by atoms with Gasteiger partial charge in [0, 0.05) is 13.0 Å². The molecule has 2 N–H and O–H groups in total. The summed E-state index contributed by atoms with van der Waals surface area (Å²) in [7, 11) is 0. The molecule has 0 aliphatic rings. The number of rotatable bonds is 4. The number of hydrogen-bond donors (Lipinski definition) is 1. The van der Waals surface area contributed by atoms with Crippen molar-refractivity contribution in [1.29, 1.82) is 0 Å². The van der Waals surface area contributed by atoms with Crippen LogP contribution in [-0.2, 0) is 9.53 Å². The van der Waals surface area contributed by atoms with Gasteiger partial charge in [0.25, 0.3) is 0 Å². The zero-order chi connectivity index (χ0) is 9.11. The average molecular weight is 161 g/mol. The molecular weight excluding hydrogens is 142 g/mol. The first kappa shape index (κ1) is 13.1. The van der Waals surface area contributed by atoms with Crippen LogP contribution in [0.3, 0.4) is 0 Å². The Balaban J connectivity index is 0. The molecule has 3 nitrogen and oxygen atoms in total. The van der Waals surface area contributed by atoms with E-state index in [2.05, 4.69) is 4.74 Å². The molecule has 0 atom stereocenters. The predicted octanol–water partition coefficient (Wildman–Crippen LogP) is 1.31. The first-order valence-corrected chi connectivity index (χ1v) is 4.17. The van der Waals surface area contributed by atoms with Gasteiger partial charge < -0.3 is 10.5 Å². The standard InChI is InChI=1S/C6H13NO2.C2H6/c1-2-3-6(8)9-5-4-7;1-2/h2-5,7H2,1H3;1-2H3. The minimum Gasteiger partial charge on any atom is -0.464 e. The second kappa shape index (κ2) is 12.1. The molecule has 0 saturated heterocycles. The number of carbonyl (C=O) groups excluding carboxylic acids is 1. The fourth-order valence-electron chi connectivity index (χ4n) is 0.449. The van der Waals surface area contributed by atoms with Gasteiger partial charge in [0.15, 0.2) is 0 Å². The van der Waals surface area contributed by atoms with Gasteiger partial charge >= 0.3 is 5.97 Å². The van der Waals surface area contributed by atoms with Gasteiger partial charge in [0.2, 0.25) is 0 Å². The normalized spacial score (nSPS) is 8.00. The second-order valence-electron chi connectivity index (χ2n) is 1.76. The molecule has 0 saturated carbocycles. The number of esters is 1. The Morgan fingerprint density at radius 3 is 2.36 bits per heavy atom. The zero-order valence-electron chi connectivity index (χ0n) is 7.72. The maximum absolute atomic E-state index is 10.5. The summed E-state index contributed by atoms with van der Waals surface area (Å²) in [6.07, 6.45) is 1.34. The maximum Gasteiger partial charge on any atom is 0.305 e. The highest BCUT2D eigenvalue weighted by Crippen LogP contribution is 1.89. The molecule has 68 valence electrons. The van der Waals surface area contributed by atoms with E-state index in [9.17, 15) is 4.79 Å². The van der Waals surface area contributed by atoms with Gasteiger partial charge in [-0.2, -0.15) is 0 Å². The van der Waals surface area contributed by atoms with Crippen LogP contribution < -0.4 is 5.73 Å². The molecule has 11 heavy (non-hydrogen) atoms. The van der Waals surface area contributed by atoms with E-state index >= 15 is 0 Å². The molecule has 0 rings (SSSR count). The van der Waals surface area contributed by atoms with Crippen molar-refractivity contribution in [3.8, 4) is 0 Å². The van der Waals surface area contributed by atoms with Gasteiger partial charge in [0.1, 0.15) is 6.61 Å². The molecule has 0 spiro atoms. The lowest BCUT2D eigenvalue weighted by Crippen LogP contribution is -2.12. The van der Waals surface area contributed by atoms with E-state index in [0.717, 1.165) is 6.42 Å². The zero-order valence-corrected chi connectivity index (χ0v) is 7.72. The fourth-order valence-corrected chi connectivity index (χ4v) is 0.449. The van der Waals surface area contributed by atoms with Gasteiger partial charge in [-0.05, 0) is 6.42 Å². The van der Waals surface area contributed by atoms with E-state index in [0.29, 0.717) is 19.6 Å². The maximum atomic E-state index is 10.5. The third-order valence-electron chi connectivity index (χ3n) is 0.835. The molecule has 0 unspecified atom stereocenters. The summed E-state index contributed by atoms with van der Waals surface area (Å²) >= 11 is 0. The molecule has 0 radical (unpaired) electrons. The van der Waals surface area contributed by atoms with Crippen molar-refractivity contribution < 1.29 is 9.53 Å². The predicted molar refractivity (Wildman–Crippen MR) is 46.3 cm³/mol. The summed E-state index contributed by atoms with van der Waals surface area (Å²) in [5.74, 6) is -0.150.